The van der Waals surface area contributed by atoms with E-state index in [-0.39, 0.29) is 0 Å². The van der Waals surface area contributed by atoms with Gasteiger partial charge in [0.2, 0.25) is 0 Å². The molecule has 0 fully saturated rings. The summed E-state index contributed by atoms with van der Waals surface area (Å²) in [6, 6.07) is 59.6. The monoisotopic (exact) mass is 606 g/mol. The van der Waals surface area contributed by atoms with Gasteiger partial charge in [-0.2, -0.15) is 0 Å². The number of hydrogen-bond acceptors (Lipinski definition) is 2. The second-order valence-electron chi connectivity index (χ2n) is 11.9. The van der Waals surface area contributed by atoms with E-state index in [4.69, 9.17) is 0 Å². The van der Waals surface area contributed by atoms with E-state index in [0.29, 0.717) is 0 Å². The van der Waals surface area contributed by atoms with Crippen LogP contribution in [-0.2, 0) is 0 Å². The molecule has 0 bridgehead atoms. The zero-order valence-electron chi connectivity index (χ0n) is 25.4. The van der Waals surface area contributed by atoms with Gasteiger partial charge in [0.05, 0.1) is 16.7 Å². The molecule has 7 aromatic carbocycles. The molecule has 0 atom stereocenters. The molecule has 3 heteroatoms. The zero-order valence-corrected chi connectivity index (χ0v) is 26.2. The Morgan fingerprint density at radius 2 is 1.11 bits per heavy atom. The minimum Gasteiger partial charge on any atom is -0.310 e. The first-order valence-electron chi connectivity index (χ1n) is 15.7. The Bertz CT molecular complexity index is 2520. The number of rotatable bonds is 5. The highest BCUT2D eigenvalue weighted by atomic mass is 32.1. The highest BCUT2D eigenvalue weighted by molar-refractivity contribution is 7.25. The molecule has 0 N–H and O–H groups in total. The molecule has 46 heavy (non-hydrogen) atoms. The summed E-state index contributed by atoms with van der Waals surface area (Å²) >= 11 is 1.86. The Morgan fingerprint density at radius 1 is 0.478 bits per heavy atom. The van der Waals surface area contributed by atoms with Crippen LogP contribution in [0.2, 0.25) is 0 Å². The summed E-state index contributed by atoms with van der Waals surface area (Å²) in [5.74, 6) is 0. The molecule has 0 saturated carbocycles. The lowest BCUT2D eigenvalue weighted by Crippen LogP contribution is -2.10. The van der Waals surface area contributed by atoms with Gasteiger partial charge >= 0.3 is 0 Å². The third-order valence-corrected chi connectivity index (χ3v) is 10.2. The lowest BCUT2D eigenvalue weighted by Gasteiger charge is -2.27. The molecule has 0 radical (unpaired) electrons. The van der Waals surface area contributed by atoms with Crippen LogP contribution < -0.4 is 4.90 Å². The first-order valence-corrected chi connectivity index (χ1v) is 16.5. The minimum atomic E-state index is 1.12. The molecule has 0 aliphatic carbocycles. The van der Waals surface area contributed by atoms with Crippen molar-refractivity contribution in [1.29, 1.82) is 0 Å². The van der Waals surface area contributed by atoms with Gasteiger partial charge < -0.3 is 9.47 Å². The lowest BCUT2D eigenvalue weighted by atomic mass is 10.0. The Balaban J connectivity index is 1.29. The van der Waals surface area contributed by atoms with Crippen molar-refractivity contribution in [3.63, 3.8) is 0 Å². The third-order valence-electron chi connectivity index (χ3n) is 9.06. The fourth-order valence-corrected chi connectivity index (χ4v) is 7.96. The number of aryl methyl sites for hydroxylation is 1. The van der Waals surface area contributed by atoms with Gasteiger partial charge in [0.1, 0.15) is 0 Å². The third kappa shape index (κ3) is 4.32. The Morgan fingerprint density at radius 3 is 1.91 bits per heavy atom. The van der Waals surface area contributed by atoms with Crippen LogP contribution in [-0.4, -0.2) is 4.57 Å². The largest absolute Gasteiger partial charge is 0.310 e. The second kappa shape index (κ2) is 10.8. The summed E-state index contributed by atoms with van der Waals surface area (Å²) < 4.78 is 5.08. The highest BCUT2D eigenvalue weighted by Gasteiger charge is 2.21. The maximum absolute atomic E-state index is 2.44. The van der Waals surface area contributed by atoms with Crippen LogP contribution in [0.15, 0.2) is 164 Å². The predicted molar refractivity (Wildman–Crippen MR) is 199 cm³/mol. The molecule has 0 aliphatic rings. The summed E-state index contributed by atoms with van der Waals surface area (Å²) in [4.78, 5) is 2.41. The van der Waals surface area contributed by atoms with E-state index in [1.807, 2.05) is 11.3 Å². The van der Waals surface area contributed by atoms with E-state index < -0.39 is 0 Å². The summed E-state index contributed by atoms with van der Waals surface area (Å²) in [5, 5.41) is 5.10. The zero-order chi connectivity index (χ0) is 30.6. The second-order valence-corrected chi connectivity index (χ2v) is 13.0. The molecular weight excluding hydrogens is 577 g/mol. The maximum atomic E-state index is 2.44. The summed E-state index contributed by atoms with van der Waals surface area (Å²) in [6.45, 7) is 2.14. The summed E-state index contributed by atoms with van der Waals surface area (Å²) in [7, 11) is 0. The van der Waals surface area contributed by atoms with Gasteiger partial charge in [0.15, 0.2) is 0 Å². The number of nitrogens with zero attached hydrogens (tertiary/aromatic N) is 2. The van der Waals surface area contributed by atoms with E-state index in [1.165, 1.54) is 64.4 Å². The number of hydrogen-bond donors (Lipinski definition) is 0. The van der Waals surface area contributed by atoms with Crippen LogP contribution in [0.5, 0.6) is 0 Å². The van der Waals surface area contributed by atoms with Crippen molar-refractivity contribution in [3.05, 3.63) is 169 Å². The number of anilines is 3. The molecule has 0 unspecified atom stereocenters. The number of benzene rings is 7. The molecule has 2 aromatic heterocycles. The van der Waals surface area contributed by atoms with Crippen LogP contribution in [0.3, 0.4) is 0 Å². The molecule has 9 aromatic rings. The van der Waals surface area contributed by atoms with Crippen molar-refractivity contribution in [2.45, 2.75) is 6.92 Å². The maximum Gasteiger partial charge on any atom is 0.0562 e. The molecular formula is C43H30N2S. The van der Waals surface area contributed by atoms with Gasteiger partial charge in [-0.15, -0.1) is 11.3 Å². The molecule has 0 saturated heterocycles. The first kappa shape index (κ1) is 26.7. The predicted octanol–water partition coefficient (Wildman–Crippen LogP) is 12.6. The van der Waals surface area contributed by atoms with Crippen molar-refractivity contribution < 1.29 is 0 Å². The summed E-state index contributed by atoms with van der Waals surface area (Å²) in [5.41, 5.74) is 10.7. The van der Waals surface area contributed by atoms with E-state index in [0.717, 1.165) is 17.1 Å². The minimum absolute atomic E-state index is 1.12. The standard InChI is InChI=1S/C43H30N2S/c1-29-18-22-32(23-19-29)44(33-24-20-31(21-25-33)30-10-3-2-4-11-30)39-15-9-16-40-43(39)36-13-5-7-14-38(36)45(40)34-26-27-42-37(28-34)35-12-6-8-17-41(35)46-42/h2-28H,1H3. The van der Waals surface area contributed by atoms with Crippen LogP contribution in [0.25, 0.3) is 58.8 Å². The van der Waals surface area contributed by atoms with Crippen molar-refractivity contribution in [2.75, 3.05) is 4.90 Å². The molecule has 2 nitrogen and oxygen atoms in total. The summed E-state index contributed by atoms with van der Waals surface area (Å²) in [6.07, 6.45) is 0. The van der Waals surface area contributed by atoms with Gasteiger partial charge in [-0.05, 0) is 84.8 Å². The van der Waals surface area contributed by atoms with Crippen molar-refractivity contribution in [2.24, 2.45) is 0 Å². The average Bonchev–Trinajstić information content (AvgIpc) is 3.66. The van der Waals surface area contributed by atoms with Gasteiger partial charge in [-0.3, -0.25) is 0 Å². The fourth-order valence-electron chi connectivity index (χ4n) is 6.87. The van der Waals surface area contributed by atoms with Gasteiger partial charge in [0.25, 0.3) is 0 Å². The highest BCUT2D eigenvalue weighted by Crippen LogP contribution is 2.44. The Hall–Kier alpha value is -5.64. The smallest absolute Gasteiger partial charge is 0.0562 e. The molecule has 0 aliphatic heterocycles. The van der Waals surface area contributed by atoms with Crippen LogP contribution in [0.1, 0.15) is 5.56 Å². The fraction of sp³-hybridized carbons (Fsp3) is 0.0233. The van der Waals surface area contributed by atoms with Gasteiger partial charge in [-0.1, -0.05) is 103 Å². The molecule has 218 valence electrons. The number of fused-ring (bicyclic) bond motifs is 6. The Labute approximate surface area is 272 Å². The number of thiophene rings is 1. The van der Waals surface area contributed by atoms with Crippen LogP contribution >= 0.6 is 11.3 Å². The van der Waals surface area contributed by atoms with Gasteiger partial charge in [-0.25, -0.2) is 0 Å². The molecule has 2 heterocycles. The first-order chi connectivity index (χ1) is 22.7. The van der Waals surface area contributed by atoms with E-state index in [1.54, 1.807) is 0 Å². The van der Waals surface area contributed by atoms with E-state index >= 15 is 0 Å². The molecule has 9 rings (SSSR count). The van der Waals surface area contributed by atoms with Crippen molar-refractivity contribution in [1.82, 2.24) is 4.57 Å². The van der Waals surface area contributed by atoms with Crippen molar-refractivity contribution >= 4 is 70.4 Å². The average molecular weight is 607 g/mol. The molecule has 0 spiro atoms. The van der Waals surface area contributed by atoms with Crippen molar-refractivity contribution in [3.8, 4) is 16.8 Å². The Kier molecular flexibility index (Phi) is 6.25. The van der Waals surface area contributed by atoms with Crippen LogP contribution in [0.4, 0.5) is 17.1 Å². The normalized spacial score (nSPS) is 11.6. The van der Waals surface area contributed by atoms with Crippen LogP contribution in [0, 0.1) is 6.92 Å². The molecule has 0 amide bonds. The van der Waals surface area contributed by atoms with E-state index in [9.17, 15) is 0 Å². The topological polar surface area (TPSA) is 8.17 Å². The van der Waals surface area contributed by atoms with Gasteiger partial charge in [0, 0.05) is 48.0 Å². The lowest BCUT2D eigenvalue weighted by molar-refractivity contribution is 1.18. The number of aromatic nitrogens is 1. The number of para-hydroxylation sites is 1. The quantitative estimate of drug-likeness (QED) is 0.189. The van der Waals surface area contributed by atoms with E-state index in [2.05, 4.69) is 180 Å². The SMILES string of the molecule is Cc1ccc(N(c2ccc(-c3ccccc3)cc2)c2cccc3c2c2ccccc2n3-c2ccc3sc4ccccc4c3c2)cc1.